The minimum Gasteiger partial charge on any atom is -0.381 e. The van der Waals surface area contributed by atoms with E-state index in [1.54, 1.807) is 0 Å². The molecule has 0 unspecified atom stereocenters. The molecule has 0 bridgehead atoms. The predicted octanol–water partition coefficient (Wildman–Crippen LogP) is 2.79. The molecule has 0 saturated heterocycles. The zero-order valence-electron chi connectivity index (χ0n) is 13.3. The number of rotatable bonds is 11. The van der Waals surface area contributed by atoms with Gasteiger partial charge in [-0.25, -0.2) is 0 Å². The number of hydrogen-bond acceptors (Lipinski definition) is 2. The first kappa shape index (κ1) is 18.2. The highest BCUT2D eigenvalue weighted by Crippen LogP contribution is 1.94. The zero-order valence-corrected chi connectivity index (χ0v) is 13.3. The summed E-state index contributed by atoms with van der Waals surface area (Å²) in [6.07, 6.45) is 4.72. The molecule has 0 heterocycles. The van der Waals surface area contributed by atoms with Crippen LogP contribution in [0.4, 0.5) is 0 Å². The van der Waals surface area contributed by atoms with Gasteiger partial charge < -0.3 is 15.4 Å². The lowest BCUT2D eigenvalue weighted by atomic mass is 10.2. The number of aliphatic imine (C=N–C) groups is 1. The van der Waals surface area contributed by atoms with Crippen molar-refractivity contribution < 1.29 is 4.74 Å². The Hall–Kier alpha value is -0.770. The van der Waals surface area contributed by atoms with Gasteiger partial charge in [0.25, 0.3) is 0 Å². The lowest BCUT2D eigenvalue weighted by molar-refractivity contribution is 0.109. The first-order chi connectivity index (χ1) is 9.20. The maximum atomic E-state index is 5.54. The highest BCUT2D eigenvalue weighted by atomic mass is 16.5. The third kappa shape index (κ3) is 13.5. The van der Waals surface area contributed by atoms with Crippen LogP contribution in [0.25, 0.3) is 0 Å². The summed E-state index contributed by atoms with van der Waals surface area (Å²) in [5.74, 6) is 1.54. The SMILES string of the molecule is CCCCCNC(=NCCCOCC(C)C)NCC. The van der Waals surface area contributed by atoms with Gasteiger partial charge in [-0.15, -0.1) is 0 Å². The fraction of sp³-hybridized carbons (Fsp3) is 0.933. The molecule has 0 aliphatic heterocycles. The number of unbranched alkanes of at least 4 members (excludes halogenated alkanes) is 2. The Morgan fingerprint density at radius 3 is 2.53 bits per heavy atom. The van der Waals surface area contributed by atoms with Crippen LogP contribution in [0.3, 0.4) is 0 Å². The molecule has 0 saturated carbocycles. The van der Waals surface area contributed by atoms with Gasteiger partial charge in [-0.3, -0.25) is 4.99 Å². The van der Waals surface area contributed by atoms with Crippen molar-refractivity contribution in [2.24, 2.45) is 10.9 Å². The Balaban J connectivity index is 3.67. The van der Waals surface area contributed by atoms with Crippen LogP contribution < -0.4 is 10.6 Å². The first-order valence-corrected chi connectivity index (χ1v) is 7.80. The molecule has 0 aromatic rings. The Labute approximate surface area is 119 Å². The largest absolute Gasteiger partial charge is 0.381 e. The minimum absolute atomic E-state index is 0.612. The number of nitrogens with one attached hydrogen (secondary N) is 2. The van der Waals surface area contributed by atoms with Gasteiger partial charge in [-0.05, 0) is 25.7 Å². The van der Waals surface area contributed by atoms with Crippen molar-refractivity contribution in [3.63, 3.8) is 0 Å². The van der Waals surface area contributed by atoms with Crippen molar-refractivity contribution in [2.45, 2.75) is 53.4 Å². The van der Waals surface area contributed by atoms with Gasteiger partial charge in [0.1, 0.15) is 0 Å². The van der Waals surface area contributed by atoms with E-state index in [1.165, 1.54) is 19.3 Å². The standard InChI is InChI=1S/C15H33N3O/c1-5-7-8-10-17-15(16-6-2)18-11-9-12-19-13-14(3)4/h14H,5-13H2,1-4H3,(H2,16,17,18). The Morgan fingerprint density at radius 1 is 1.11 bits per heavy atom. The molecular formula is C15H33N3O. The molecule has 0 aliphatic carbocycles. The molecule has 2 N–H and O–H groups in total. The fourth-order valence-electron chi connectivity index (χ4n) is 1.60. The highest BCUT2D eigenvalue weighted by Gasteiger charge is 1.97. The summed E-state index contributed by atoms with van der Waals surface area (Å²) in [5.41, 5.74) is 0. The molecule has 0 aromatic carbocycles. The molecule has 0 fully saturated rings. The molecule has 0 aliphatic rings. The molecule has 0 atom stereocenters. The summed E-state index contributed by atoms with van der Waals surface area (Å²) >= 11 is 0. The molecule has 0 amide bonds. The van der Waals surface area contributed by atoms with Gasteiger partial charge in [0.2, 0.25) is 0 Å². The van der Waals surface area contributed by atoms with Crippen LogP contribution >= 0.6 is 0 Å². The van der Waals surface area contributed by atoms with Gasteiger partial charge in [-0.1, -0.05) is 33.6 Å². The molecule has 4 nitrogen and oxygen atoms in total. The first-order valence-electron chi connectivity index (χ1n) is 7.80. The van der Waals surface area contributed by atoms with Gasteiger partial charge in [0, 0.05) is 32.8 Å². The summed E-state index contributed by atoms with van der Waals surface area (Å²) in [5, 5.41) is 6.63. The maximum Gasteiger partial charge on any atom is 0.191 e. The van der Waals surface area contributed by atoms with E-state index in [1.807, 2.05) is 0 Å². The molecule has 0 radical (unpaired) electrons. The van der Waals surface area contributed by atoms with Crippen molar-refractivity contribution in [2.75, 3.05) is 32.8 Å². The van der Waals surface area contributed by atoms with Crippen LogP contribution in [0.5, 0.6) is 0 Å². The Bertz CT molecular complexity index is 217. The number of guanidine groups is 1. The minimum atomic E-state index is 0.612. The molecule has 19 heavy (non-hydrogen) atoms. The van der Waals surface area contributed by atoms with Crippen molar-refractivity contribution in [3.05, 3.63) is 0 Å². The average molecular weight is 271 g/mol. The van der Waals surface area contributed by atoms with E-state index in [0.717, 1.165) is 45.2 Å². The monoisotopic (exact) mass is 271 g/mol. The Morgan fingerprint density at radius 2 is 1.89 bits per heavy atom. The maximum absolute atomic E-state index is 5.54. The van der Waals surface area contributed by atoms with E-state index in [-0.39, 0.29) is 0 Å². The van der Waals surface area contributed by atoms with E-state index in [2.05, 4.69) is 43.3 Å². The second-order valence-electron chi connectivity index (χ2n) is 5.22. The highest BCUT2D eigenvalue weighted by molar-refractivity contribution is 5.79. The van der Waals surface area contributed by atoms with Gasteiger partial charge in [0.05, 0.1) is 0 Å². The van der Waals surface area contributed by atoms with Crippen molar-refractivity contribution in [1.29, 1.82) is 0 Å². The third-order valence-corrected chi connectivity index (χ3v) is 2.58. The molecular weight excluding hydrogens is 238 g/mol. The van der Waals surface area contributed by atoms with Crippen molar-refractivity contribution >= 4 is 5.96 Å². The lowest BCUT2D eigenvalue weighted by Gasteiger charge is -2.11. The molecule has 0 aromatic heterocycles. The molecule has 4 heteroatoms. The van der Waals surface area contributed by atoms with Crippen molar-refractivity contribution in [3.8, 4) is 0 Å². The van der Waals surface area contributed by atoms with E-state index in [9.17, 15) is 0 Å². The Kier molecular flexibility index (Phi) is 13.1. The number of ether oxygens (including phenoxy) is 1. The molecule has 114 valence electrons. The normalized spacial score (nSPS) is 11.9. The van der Waals surface area contributed by atoms with Crippen LogP contribution in [0.15, 0.2) is 4.99 Å². The zero-order chi connectivity index (χ0) is 14.3. The summed E-state index contributed by atoms with van der Waals surface area (Å²) in [4.78, 5) is 4.54. The predicted molar refractivity (Wildman–Crippen MR) is 83.8 cm³/mol. The van der Waals surface area contributed by atoms with Gasteiger partial charge in [0.15, 0.2) is 5.96 Å². The molecule has 0 spiro atoms. The van der Waals surface area contributed by atoms with Crippen molar-refractivity contribution in [1.82, 2.24) is 10.6 Å². The van der Waals surface area contributed by atoms with Gasteiger partial charge in [-0.2, -0.15) is 0 Å². The van der Waals surface area contributed by atoms with Crippen LogP contribution in [-0.2, 0) is 4.74 Å². The average Bonchev–Trinajstić information content (AvgIpc) is 2.38. The van der Waals surface area contributed by atoms with Crippen LogP contribution in [0.1, 0.15) is 53.4 Å². The van der Waals surface area contributed by atoms with Crippen LogP contribution in [0, 0.1) is 5.92 Å². The fourth-order valence-corrected chi connectivity index (χ4v) is 1.60. The summed E-state index contributed by atoms with van der Waals surface area (Å²) in [6.45, 7) is 13.0. The number of nitrogens with zero attached hydrogens (tertiary/aromatic N) is 1. The quantitative estimate of drug-likeness (QED) is 0.345. The lowest BCUT2D eigenvalue weighted by Crippen LogP contribution is -2.37. The summed E-state index contributed by atoms with van der Waals surface area (Å²) < 4.78 is 5.54. The second-order valence-corrected chi connectivity index (χ2v) is 5.22. The van der Waals surface area contributed by atoms with E-state index in [4.69, 9.17) is 4.74 Å². The smallest absolute Gasteiger partial charge is 0.191 e. The number of hydrogen-bond donors (Lipinski definition) is 2. The van der Waals surface area contributed by atoms with E-state index < -0.39 is 0 Å². The van der Waals surface area contributed by atoms with E-state index in [0.29, 0.717) is 5.92 Å². The van der Waals surface area contributed by atoms with Gasteiger partial charge >= 0.3 is 0 Å². The van der Waals surface area contributed by atoms with Crippen LogP contribution in [0.2, 0.25) is 0 Å². The second kappa shape index (κ2) is 13.7. The molecule has 0 rings (SSSR count). The third-order valence-electron chi connectivity index (χ3n) is 2.58. The van der Waals surface area contributed by atoms with Crippen LogP contribution in [-0.4, -0.2) is 38.8 Å². The summed E-state index contributed by atoms with van der Waals surface area (Å²) in [7, 11) is 0. The summed E-state index contributed by atoms with van der Waals surface area (Å²) in [6, 6.07) is 0. The van der Waals surface area contributed by atoms with E-state index >= 15 is 0 Å². The topological polar surface area (TPSA) is 45.7 Å².